The molecule has 2 N–H and O–H groups in total. The van der Waals surface area contributed by atoms with Gasteiger partial charge in [0, 0.05) is 24.9 Å². The first-order valence-electron chi connectivity index (χ1n) is 8.67. The molecule has 1 aromatic carbocycles. The minimum Gasteiger partial charge on any atom is -0.315 e. The molecule has 1 aromatic rings. The summed E-state index contributed by atoms with van der Waals surface area (Å²) in [6, 6.07) is 0.545. The molecule has 0 bridgehead atoms. The predicted octanol–water partition coefficient (Wildman–Crippen LogP) is -0.0849. The fourth-order valence-electron chi connectivity index (χ4n) is 4.59. The number of fused-ring (bicyclic) bond motifs is 2. The van der Waals surface area contributed by atoms with Gasteiger partial charge >= 0.3 is 0 Å². The molecule has 4 amide bonds. The number of piperidine rings is 1. The van der Waals surface area contributed by atoms with E-state index in [-0.39, 0.29) is 29.4 Å². The van der Waals surface area contributed by atoms with Crippen molar-refractivity contribution in [3.05, 3.63) is 34.1 Å². The molecule has 2 saturated heterocycles. The zero-order valence-corrected chi connectivity index (χ0v) is 13.9. The van der Waals surface area contributed by atoms with Crippen molar-refractivity contribution in [2.75, 3.05) is 13.1 Å². The quantitative estimate of drug-likeness (QED) is 0.685. The van der Waals surface area contributed by atoms with Crippen LogP contribution < -0.4 is 10.6 Å². The Bertz CT molecular complexity index is 922. The Kier molecular flexibility index (Phi) is 2.99. The van der Waals surface area contributed by atoms with Crippen molar-refractivity contribution in [2.45, 2.75) is 31.7 Å². The molecule has 2 fully saturated rings. The van der Waals surface area contributed by atoms with Gasteiger partial charge < -0.3 is 5.32 Å². The van der Waals surface area contributed by atoms with Crippen LogP contribution in [0.2, 0.25) is 0 Å². The van der Waals surface area contributed by atoms with Crippen molar-refractivity contribution in [1.29, 1.82) is 0 Å². The van der Waals surface area contributed by atoms with Crippen LogP contribution in [0.15, 0.2) is 6.07 Å². The van der Waals surface area contributed by atoms with Crippen molar-refractivity contribution in [3.63, 3.8) is 0 Å². The third kappa shape index (κ3) is 1.90. The predicted molar refractivity (Wildman–Crippen MR) is 85.8 cm³/mol. The van der Waals surface area contributed by atoms with E-state index in [1.807, 2.05) is 0 Å². The summed E-state index contributed by atoms with van der Waals surface area (Å²) in [5, 5.41) is 5.33. The van der Waals surface area contributed by atoms with E-state index in [2.05, 4.69) is 10.6 Å². The fourth-order valence-corrected chi connectivity index (χ4v) is 4.59. The van der Waals surface area contributed by atoms with Gasteiger partial charge in [0.25, 0.3) is 11.8 Å². The largest absolute Gasteiger partial charge is 0.315 e. The van der Waals surface area contributed by atoms with Crippen LogP contribution in [0.3, 0.4) is 0 Å². The lowest BCUT2D eigenvalue weighted by Gasteiger charge is -2.39. The molecule has 1 atom stereocenters. The van der Waals surface area contributed by atoms with Crippen LogP contribution in [-0.2, 0) is 22.4 Å². The first kappa shape index (κ1) is 15.6. The minimum absolute atomic E-state index is 0.00629. The normalized spacial score (nSPS) is 26.0. The second kappa shape index (κ2) is 4.97. The van der Waals surface area contributed by atoms with Crippen LogP contribution in [-0.4, -0.2) is 47.7 Å². The molecule has 1 unspecified atom stereocenters. The molecule has 0 saturated carbocycles. The van der Waals surface area contributed by atoms with Crippen molar-refractivity contribution in [3.8, 4) is 0 Å². The molecule has 0 aromatic heterocycles. The number of nitrogens with one attached hydrogen (secondary N) is 2. The lowest BCUT2D eigenvalue weighted by Crippen LogP contribution is -2.54. The molecule has 0 radical (unpaired) electrons. The Morgan fingerprint density at radius 2 is 1.88 bits per heavy atom. The monoisotopic (exact) mass is 357 g/mol. The highest BCUT2D eigenvalue weighted by atomic mass is 19.1. The van der Waals surface area contributed by atoms with Gasteiger partial charge in [0.2, 0.25) is 11.8 Å². The maximum absolute atomic E-state index is 15.1. The SMILES string of the molecule is O=C1CCC(N2C(=O)c3cc4c(c(F)c3C2=O)CC2(CNC2)C4)C(=O)N1. The number of amides is 4. The zero-order valence-electron chi connectivity index (χ0n) is 13.9. The lowest BCUT2D eigenvalue weighted by molar-refractivity contribution is -0.136. The highest BCUT2D eigenvalue weighted by Crippen LogP contribution is 2.44. The zero-order chi connectivity index (χ0) is 18.2. The summed E-state index contributed by atoms with van der Waals surface area (Å²) in [5.41, 5.74) is 1.07. The third-order valence-electron chi connectivity index (χ3n) is 5.98. The number of nitrogens with zero attached hydrogens (tertiary/aromatic N) is 1. The number of benzene rings is 1. The molecule has 134 valence electrons. The van der Waals surface area contributed by atoms with Crippen LogP contribution in [0.1, 0.15) is 44.7 Å². The second-order valence-corrected chi connectivity index (χ2v) is 7.66. The molecule has 26 heavy (non-hydrogen) atoms. The van der Waals surface area contributed by atoms with E-state index in [1.165, 1.54) is 0 Å². The summed E-state index contributed by atoms with van der Waals surface area (Å²) in [7, 11) is 0. The van der Waals surface area contributed by atoms with Gasteiger partial charge in [-0.15, -0.1) is 0 Å². The van der Waals surface area contributed by atoms with E-state index in [9.17, 15) is 19.2 Å². The molecular formula is C18H16FN3O4. The molecule has 3 heterocycles. The van der Waals surface area contributed by atoms with Crippen LogP contribution >= 0.6 is 0 Å². The number of rotatable bonds is 1. The van der Waals surface area contributed by atoms with Crippen molar-refractivity contribution in [1.82, 2.24) is 15.5 Å². The van der Waals surface area contributed by atoms with Crippen molar-refractivity contribution >= 4 is 23.6 Å². The number of hydrogen-bond donors (Lipinski definition) is 2. The average Bonchev–Trinajstić information content (AvgIpc) is 3.07. The van der Waals surface area contributed by atoms with Gasteiger partial charge in [-0.2, -0.15) is 0 Å². The van der Waals surface area contributed by atoms with Gasteiger partial charge in [-0.3, -0.25) is 29.4 Å². The third-order valence-corrected chi connectivity index (χ3v) is 5.98. The van der Waals surface area contributed by atoms with E-state index < -0.39 is 35.5 Å². The molecule has 8 heteroatoms. The fraction of sp³-hybridized carbons (Fsp3) is 0.444. The Labute approximate surface area is 147 Å². The van der Waals surface area contributed by atoms with Gasteiger partial charge in [0.1, 0.15) is 11.9 Å². The highest BCUT2D eigenvalue weighted by molar-refractivity contribution is 6.23. The van der Waals surface area contributed by atoms with Crippen LogP contribution in [0, 0.1) is 11.2 Å². The summed E-state index contributed by atoms with van der Waals surface area (Å²) >= 11 is 0. The summed E-state index contributed by atoms with van der Waals surface area (Å²) < 4.78 is 15.1. The molecule has 3 aliphatic heterocycles. The number of imide groups is 2. The maximum atomic E-state index is 15.1. The number of halogens is 1. The Morgan fingerprint density at radius 1 is 1.12 bits per heavy atom. The molecular weight excluding hydrogens is 341 g/mol. The second-order valence-electron chi connectivity index (χ2n) is 7.66. The number of hydrogen-bond acceptors (Lipinski definition) is 5. The summed E-state index contributed by atoms with van der Waals surface area (Å²) in [6.07, 6.45) is 1.33. The lowest BCUT2D eigenvalue weighted by atomic mass is 9.79. The van der Waals surface area contributed by atoms with E-state index >= 15 is 4.39 Å². The average molecular weight is 357 g/mol. The van der Waals surface area contributed by atoms with Gasteiger partial charge in [0.05, 0.1) is 11.1 Å². The van der Waals surface area contributed by atoms with Crippen molar-refractivity contribution < 1.29 is 23.6 Å². The Hall–Kier alpha value is -2.61. The molecule has 1 spiro atoms. The topological polar surface area (TPSA) is 95.6 Å². The summed E-state index contributed by atoms with van der Waals surface area (Å²) in [5.74, 6) is -3.20. The summed E-state index contributed by atoms with van der Waals surface area (Å²) in [4.78, 5) is 49.8. The van der Waals surface area contributed by atoms with Gasteiger partial charge in [-0.05, 0) is 36.5 Å². The van der Waals surface area contributed by atoms with Crippen LogP contribution in [0.4, 0.5) is 4.39 Å². The Balaban J connectivity index is 1.54. The van der Waals surface area contributed by atoms with E-state index in [0.717, 1.165) is 23.6 Å². The maximum Gasteiger partial charge on any atom is 0.265 e. The van der Waals surface area contributed by atoms with E-state index in [0.29, 0.717) is 18.4 Å². The molecule has 4 aliphatic rings. The minimum atomic E-state index is -1.07. The molecule has 5 rings (SSSR count). The summed E-state index contributed by atoms with van der Waals surface area (Å²) in [6.45, 7) is 1.60. The molecule has 1 aliphatic carbocycles. The smallest absolute Gasteiger partial charge is 0.265 e. The van der Waals surface area contributed by atoms with E-state index in [4.69, 9.17) is 0 Å². The first-order chi connectivity index (χ1) is 12.4. The van der Waals surface area contributed by atoms with Gasteiger partial charge in [0.15, 0.2) is 0 Å². The van der Waals surface area contributed by atoms with Gasteiger partial charge in [-0.1, -0.05) is 0 Å². The standard InChI is InChI=1S/C18H16FN3O4/c19-14-10-5-18(6-20-7-18)4-8(10)3-9-13(14)17(26)22(16(9)25)11-1-2-12(23)21-15(11)24/h3,11,20H,1-2,4-7H2,(H,21,23,24). The van der Waals surface area contributed by atoms with Crippen LogP contribution in [0.5, 0.6) is 0 Å². The first-order valence-corrected chi connectivity index (χ1v) is 8.67. The highest BCUT2D eigenvalue weighted by Gasteiger charge is 2.50. The number of carbonyl (C=O) groups is 4. The Morgan fingerprint density at radius 3 is 2.54 bits per heavy atom. The number of carbonyl (C=O) groups excluding carboxylic acids is 4. The molecule has 7 nitrogen and oxygen atoms in total. The van der Waals surface area contributed by atoms with Gasteiger partial charge in [-0.25, -0.2) is 4.39 Å². The van der Waals surface area contributed by atoms with Crippen LogP contribution in [0.25, 0.3) is 0 Å². The van der Waals surface area contributed by atoms with Crippen molar-refractivity contribution in [2.24, 2.45) is 5.41 Å². The van der Waals surface area contributed by atoms with E-state index in [1.54, 1.807) is 6.07 Å².